The van der Waals surface area contributed by atoms with Crippen LogP contribution in [0, 0.1) is 5.41 Å². The monoisotopic (exact) mass is 326 g/mol. The fourth-order valence-electron chi connectivity index (χ4n) is 2.31. The largest absolute Gasteiger partial charge is 0.434 e. The molecule has 0 fully saturated rings. The molecule has 136 valence electrons. The molecule has 0 aliphatic carbocycles. The summed E-state index contributed by atoms with van der Waals surface area (Å²) in [6.45, 7) is 7.71. The second-order valence-corrected chi connectivity index (χ2v) is 7.53. The molecule has 0 spiro atoms. The van der Waals surface area contributed by atoms with Gasteiger partial charge in [-0.05, 0) is 39.7 Å². The van der Waals surface area contributed by atoms with Crippen molar-refractivity contribution in [1.29, 1.82) is 0 Å². The van der Waals surface area contributed by atoms with Crippen LogP contribution in [0.15, 0.2) is 12.3 Å². The number of hydrogen-bond acceptors (Lipinski definition) is 3. The fraction of sp³-hybridized carbons (Fsp3) is 0.850. The summed E-state index contributed by atoms with van der Waals surface area (Å²) in [6.07, 6.45) is 15.8. The molecule has 0 heterocycles. The molecule has 0 aromatic heterocycles. The van der Waals surface area contributed by atoms with Crippen LogP contribution in [-0.4, -0.2) is 17.2 Å². The van der Waals surface area contributed by atoms with Gasteiger partial charge in [0, 0.05) is 0 Å². The number of carbonyl (C=O) groups excluding carboxylic acids is 1. The van der Waals surface area contributed by atoms with E-state index in [9.17, 15) is 9.90 Å². The molecule has 23 heavy (non-hydrogen) atoms. The van der Waals surface area contributed by atoms with Gasteiger partial charge in [-0.25, -0.2) is 0 Å². The van der Waals surface area contributed by atoms with Crippen LogP contribution in [0.1, 0.15) is 98.3 Å². The summed E-state index contributed by atoms with van der Waals surface area (Å²) in [5.41, 5.74) is -0.487. The first kappa shape index (κ1) is 22.2. The van der Waals surface area contributed by atoms with Crippen LogP contribution in [0.25, 0.3) is 0 Å². The van der Waals surface area contributed by atoms with E-state index in [0.29, 0.717) is 6.42 Å². The molecule has 0 saturated carbocycles. The third kappa shape index (κ3) is 14.5. The van der Waals surface area contributed by atoms with Gasteiger partial charge < -0.3 is 9.84 Å². The number of aliphatic hydroxyl groups is 1. The maximum absolute atomic E-state index is 11.5. The highest BCUT2D eigenvalue weighted by Gasteiger charge is 2.22. The SMILES string of the molecule is CCCCCCCCCCCC(O)C/C=C\OC(=O)C(C)(C)C. The average molecular weight is 327 g/mol. The van der Waals surface area contributed by atoms with Crippen LogP contribution >= 0.6 is 0 Å². The first-order chi connectivity index (χ1) is 10.9. The molecule has 0 aliphatic rings. The van der Waals surface area contributed by atoms with Gasteiger partial charge in [-0.15, -0.1) is 0 Å². The van der Waals surface area contributed by atoms with Gasteiger partial charge in [-0.2, -0.15) is 0 Å². The van der Waals surface area contributed by atoms with Gasteiger partial charge in [0.25, 0.3) is 0 Å². The number of esters is 1. The summed E-state index contributed by atoms with van der Waals surface area (Å²) in [5, 5.41) is 9.88. The van der Waals surface area contributed by atoms with Gasteiger partial charge in [0.1, 0.15) is 0 Å². The second-order valence-electron chi connectivity index (χ2n) is 7.53. The van der Waals surface area contributed by atoms with Gasteiger partial charge in [0.15, 0.2) is 0 Å². The number of hydrogen-bond donors (Lipinski definition) is 1. The van der Waals surface area contributed by atoms with E-state index < -0.39 is 5.41 Å². The Hall–Kier alpha value is -0.830. The van der Waals surface area contributed by atoms with Crippen molar-refractivity contribution in [2.75, 3.05) is 0 Å². The highest BCUT2D eigenvalue weighted by atomic mass is 16.5. The Labute approximate surface area is 143 Å². The van der Waals surface area contributed by atoms with Crippen molar-refractivity contribution in [2.45, 2.75) is 104 Å². The molecule has 0 saturated heterocycles. The number of rotatable bonds is 13. The lowest BCUT2D eigenvalue weighted by Crippen LogP contribution is -2.20. The van der Waals surface area contributed by atoms with Crippen LogP contribution in [0.4, 0.5) is 0 Å². The van der Waals surface area contributed by atoms with E-state index >= 15 is 0 Å². The van der Waals surface area contributed by atoms with E-state index in [2.05, 4.69) is 6.92 Å². The smallest absolute Gasteiger partial charge is 0.316 e. The summed E-state index contributed by atoms with van der Waals surface area (Å²) >= 11 is 0. The van der Waals surface area contributed by atoms with E-state index in [4.69, 9.17) is 4.74 Å². The minimum absolute atomic E-state index is 0.248. The van der Waals surface area contributed by atoms with Crippen LogP contribution in [0.2, 0.25) is 0 Å². The topological polar surface area (TPSA) is 46.5 Å². The minimum Gasteiger partial charge on any atom is -0.434 e. The van der Waals surface area contributed by atoms with E-state index in [0.717, 1.165) is 12.8 Å². The van der Waals surface area contributed by atoms with Gasteiger partial charge in [0.05, 0.1) is 17.8 Å². The normalized spacial score (nSPS) is 13.4. The first-order valence-electron chi connectivity index (χ1n) is 9.42. The molecule has 0 amide bonds. The summed E-state index contributed by atoms with van der Waals surface area (Å²) in [4.78, 5) is 11.5. The van der Waals surface area contributed by atoms with Gasteiger partial charge in [-0.1, -0.05) is 64.7 Å². The quantitative estimate of drug-likeness (QED) is 0.266. The zero-order valence-corrected chi connectivity index (χ0v) is 15.8. The lowest BCUT2D eigenvalue weighted by molar-refractivity contribution is -0.146. The first-order valence-corrected chi connectivity index (χ1v) is 9.42. The molecular weight excluding hydrogens is 288 g/mol. The Bertz CT molecular complexity index is 315. The summed E-state index contributed by atoms with van der Waals surface area (Å²) in [6, 6.07) is 0. The van der Waals surface area contributed by atoms with Crippen molar-refractivity contribution >= 4 is 5.97 Å². The van der Waals surface area contributed by atoms with Crippen LogP contribution in [-0.2, 0) is 9.53 Å². The van der Waals surface area contributed by atoms with E-state index in [-0.39, 0.29) is 12.1 Å². The number of unbranched alkanes of at least 4 members (excludes halogenated alkanes) is 8. The zero-order chi connectivity index (χ0) is 17.6. The molecule has 3 nitrogen and oxygen atoms in total. The van der Waals surface area contributed by atoms with Crippen LogP contribution in [0.5, 0.6) is 0 Å². The number of carbonyl (C=O) groups is 1. The second kappa shape index (κ2) is 13.6. The van der Waals surface area contributed by atoms with Crippen LogP contribution < -0.4 is 0 Å². The van der Waals surface area contributed by atoms with Crippen molar-refractivity contribution < 1.29 is 14.6 Å². The van der Waals surface area contributed by atoms with E-state index in [1.54, 1.807) is 6.08 Å². The Morgan fingerprint density at radius 1 is 1.00 bits per heavy atom. The number of aliphatic hydroxyl groups excluding tert-OH is 1. The predicted molar refractivity (Wildman–Crippen MR) is 97.2 cm³/mol. The predicted octanol–water partition coefficient (Wildman–Crippen LogP) is 5.76. The molecule has 0 aromatic rings. The number of ether oxygens (including phenoxy) is 1. The summed E-state index contributed by atoms with van der Waals surface area (Å²) in [5.74, 6) is -0.248. The van der Waals surface area contributed by atoms with Crippen molar-refractivity contribution in [3.8, 4) is 0 Å². The lowest BCUT2D eigenvalue weighted by atomic mass is 9.97. The van der Waals surface area contributed by atoms with Gasteiger partial charge in [0.2, 0.25) is 0 Å². The Balaban J connectivity index is 3.47. The highest BCUT2D eigenvalue weighted by molar-refractivity contribution is 5.75. The average Bonchev–Trinajstić information content (AvgIpc) is 2.48. The fourth-order valence-corrected chi connectivity index (χ4v) is 2.31. The highest BCUT2D eigenvalue weighted by Crippen LogP contribution is 2.15. The molecule has 0 radical (unpaired) electrons. The van der Waals surface area contributed by atoms with Crippen molar-refractivity contribution in [3.63, 3.8) is 0 Å². The van der Waals surface area contributed by atoms with Gasteiger partial charge >= 0.3 is 5.97 Å². The maximum atomic E-state index is 11.5. The third-order valence-corrected chi connectivity index (χ3v) is 3.93. The maximum Gasteiger partial charge on any atom is 0.316 e. The van der Waals surface area contributed by atoms with Crippen LogP contribution in [0.3, 0.4) is 0 Å². The van der Waals surface area contributed by atoms with Gasteiger partial charge in [-0.3, -0.25) is 4.79 Å². The van der Waals surface area contributed by atoms with E-state index in [1.807, 2.05) is 20.8 Å². The molecule has 0 aromatic carbocycles. The Kier molecular flexibility index (Phi) is 13.1. The molecule has 1 unspecified atom stereocenters. The zero-order valence-electron chi connectivity index (χ0n) is 15.8. The standard InChI is InChI=1S/C20H38O3/c1-5-6-7-8-9-10-11-12-13-15-18(21)16-14-17-23-19(22)20(2,3)4/h14,17-18,21H,5-13,15-16H2,1-4H3/b17-14-. The van der Waals surface area contributed by atoms with E-state index in [1.165, 1.54) is 57.6 Å². The van der Waals surface area contributed by atoms with Crippen molar-refractivity contribution in [2.24, 2.45) is 5.41 Å². The Morgan fingerprint density at radius 2 is 1.52 bits per heavy atom. The summed E-state index contributed by atoms with van der Waals surface area (Å²) < 4.78 is 5.02. The van der Waals surface area contributed by atoms with Crippen molar-refractivity contribution in [3.05, 3.63) is 12.3 Å². The molecule has 0 bridgehead atoms. The minimum atomic E-state index is -0.487. The summed E-state index contributed by atoms with van der Waals surface area (Å²) in [7, 11) is 0. The lowest BCUT2D eigenvalue weighted by Gasteiger charge is -2.14. The molecule has 1 N–H and O–H groups in total. The van der Waals surface area contributed by atoms with Crippen molar-refractivity contribution in [1.82, 2.24) is 0 Å². The molecule has 0 rings (SSSR count). The third-order valence-electron chi connectivity index (χ3n) is 3.93. The molecule has 0 aliphatic heterocycles. The molecule has 1 atom stereocenters. The Morgan fingerprint density at radius 3 is 2.04 bits per heavy atom. The molecule has 3 heteroatoms. The molecular formula is C20H38O3.